The van der Waals surface area contributed by atoms with Crippen LogP contribution in [0.1, 0.15) is 20.8 Å². The van der Waals surface area contributed by atoms with Crippen molar-refractivity contribution in [2.75, 3.05) is 14.2 Å². The Bertz CT molecular complexity index is 869. The van der Waals surface area contributed by atoms with Crippen molar-refractivity contribution in [1.29, 1.82) is 0 Å². The minimum atomic E-state index is -0.718. The zero-order valence-corrected chi connectivity index (χ0v) is 11.4. The van der Waals surface area contributed by atoms with Gasteiger partial charge in [0, 0.05) is 10.8 Å². The van der Waals surface area contributed by atoms with E-state index in [0.717, 1.165) is 10.8 Å². The summed E-state index contributed by atoms with van der Waals surface area (Å²) in [6.45, 7) is 0. The van der Waals surface area contributed by atoms with Crippen LogP contribution >= 0.6 is 0 Å². The molecule has 1 aromatic carbocycles. The van der Waals surface area contributed by atoms with Crippen LogP contribution in [0.2, 0.25) is 0 Å². The van der Waals surface area contributed by atoms with Crippen molar-refractivity contribution < 1.29 is 19.1 Å². The van der Waals surface area contributed by atoms with Crippen molar-refractivity contribution in [2.45, 2.75) is 0 Å². The van der Waals surface area contributed by atoms with Crippen molar-refractivity contribution in [3.63, 3.8) is 0 Å². The number of hydrogen-bond acceptors (Lipinski definition) is 6. The number of carbonyl (C=O) groups excluding carboxylic acids is 2. The number of methoxy groups -OCH3 is 2. The third-order valence-corrected chi connectivity index (χ3v) is 3.16. The quantitative estimate of drug-likeness (QED) is 0.663. The summed E-state index contributed by atoms with van der Waals surface area (Å²) in [5, 5.41) is 9.72. The van der Waals surface area contributed by atoms with Crippen molar-refractivity contribution in [3.05, 3.63) is 41.7 Å². The second-order valence-electron chi connectivity index (χ2n) is 4.28. The Labute approximate surface area is 119 Å². The predicted octanol–water partition coefficient (Wildman–Crippen LogP) is 1.46. The van der Waals surface area contributed by atoms with E-state index in [1.54, 1.807) is 6.20 Å². The van der Waals surface area contributed by atoms with E-state index in [9.17, 15) is 9.59 Å². The highest BCUT2D eigenvalue weighted by molar-refractivity contribution is 6.12. The average molecular weight is 285 g/mol. The van der Waals surface area contributed by atoms with Gasteiger partial charge in [0.05, 0.1) is 20.4 Å². The van der Waals surface area contributed by atoms with Gasteiger partial charge in [-0.3, -0.25) is 0 Å². The number of nitrogens with zero attached hydrogens (tertiary/aromatic N) is 3. The van der Waals surface area contributed by atoms with Gasteiger partial charge in [-0.25, -0.2) is 9.59 Å². The van der Waals surface area contributed by atoms with E-state index >= 15 is 0 Å². The molecule has 0 fully saturated rings. The number of esters is 2. The smallest absolute Gasteiger partial charge is 0.359 e. The average Bonchev–Trinajstić information content (AvgIpc) is 2.93. The third kappa shape index (κ3) is 1.90. The highest BCUT2D eigenvalue weighted by Gasteiger charge is 2.27. The number of fused-ring (bicyclic) bond motifs is 3. The van der Waals surface area contributed by atoms with Crippen LogP contribution in [0.25, 0.3) is 16.3 Å². The fourth-order valence-corrected chi connectivity index (χ4v) is 2.21. The molecule has 0 amide bonds. The standard InChI is InChI=1S/C14H11N3O4/c1-20-13(18)10-11(14(19)21-2)16-17-12(10)9-6-4-3-5-8(9)7-15-17/h3-7H,1-2H3. The van der Waals surface area contributed by atoms with Crippen LogP contribution in [0, 0.1) is 0 Å². The molecule has 0 spiro atoms. The molecular formula is C14H11N3O4. The van der Waals surface area contributed by atoms with E-state index in [-0.39, 0.29) is 11.3 Å². The van der Waals surface area contributed by atoms with Gasteiger partial charge in [0.1, 0.15) is 11.1 Å². The minimum Gasteiger partial charge on any atom is -0.465 e. The van der Waals surface area contributed by atoms with Crippen LogP contribution in [-0.2, 0) is 9.47 Å². The summed E-state index contributed by atoms with van der Waals surface area (Å²) in [6, 6.07) is 7.36. The summed E-state index contributed by atoms with van der Waals surface area (Å²) in [5.74, 6) is -1.38. The fraction of sp³-hybridized carbons (Fsp3) is 0.143. The van der Waals surface area contributed by atoms with Gasteiger partial charge in [-0.05, 0) is 0 Å². The van der Waals surface area contributed by atoms with Crippen molar-refractivity contribution >= 4 is 28.2 Å². The number of aromatic nitrogens is 3. The zero-order chi connectivity index (χ0) is 15.0. The summed E-state index contributed by atoms with van der Waals surface area (Å²) in [4.78, 5) is 23.9. The molecule has 0 aliphatic carbocycles. The molecule has 0 unspecified atom stereocenters. The van der Waals surface area contributed by atoms with Gasteiger partial charge in [0.15, 0.2) is 5.69 Å². The molecule has 0 radical (unpaired) electrons. The number of rotatable bonds is 2. The molecular weight excluding hydrogens is 274 g/mol. The van der Waals surface area contributed by atoms with E-state index in [4.69, 9.17) is 4.74 Å². The van der Waals surface area contributed by atoms with Crippen LogP contribution in [-0.4, -0.2) is 41.0 Å². The number of hydrogen-bond donors (Lipinski definition) is 0. The summed E-state index contributed by atoms with van der Waals surface area (Å²) < 4.78 is 10.7. The highest BCUT2D eigenvalue weighted by Crippen LogP contribution is 2.25. The first-order chi connectivity index (χ1) is 10.2. The molecule has 106 valence electrons. The molecule has 2 heterocycles. The van der Waals surface area contributed by atoms with Crippen LogP contribution in [0.4, 0.5) is 0 Å². The number of benzene rings is 1. The fourth-order valence-electron chi connectivity index (χ4n) is 2.21. The van der Waals surface area contributed by atoms with Gasteiger partial charge in [0.25, 0.3) is 0 Å². The van der Waals surface area contributed by atoms with Gasteiger partial charge < -0.3 is 9.47 Å². The molecule has 0 saturated heterocycles. The Morgan fingerprint density at radius 2 is 1.81 bits per heavy atom. The normalized spacial score (nSPS) is 10.8. The summed E-state index contributed by atoms with van der Waals surface area (Å²) in [7, 11) is 2.46. The van der Waals surface area contributed by atoms with Crippen molar-refractivity contribution in [1.82, 2.24) is 14.8 Å². The van der Waals surface area contributed by atoms with E-state index in [1.165, 1.54) is 18.8 Å². The molecule has 0 atom stereocenters. The van der Waals surface area contributed by atoms with Gasteiger partial charge >= 0.3 is 11.9 Å². The van der Waals surface area contributed by atoms with Crippen LogP contribution in [0.3, 0.4) is 0 Å². The van der Waals surface area contributed by atoms with Crippen LogP contribution in [0.5, 0.6) is 0 Å². The lowest BCUT2D eigenvalue weighted by Crippen LogP contribution is -2.10. The molecule has 3 rings (SSSR count). The monoisotopic (exact) mass is 285 g/mol. The topological polar surface area (TPSA) is 82.8 Å². The second kappa shape index (κ2) is 4.86. The van der Waals surface area contributed by atoms with E-state index in [2.05, 4.69) is 14.9 Å². The van der Waals surface area contributed by atoms with E-state index in [0.29, 0.717) is 5.52 Å². The minimum absolute atomic E-state index is 0.0497. The SMILES string of the molecule is COC(=O)c1nn2ncc3ccccc3c2c1C(=O)OC. The Kier molecular flexibility index (Phi) is 3.02. The first kappa shape index (κ1) is 13.0. The Morgan fingerprint density at radius 3 is 2.52 bits per heavy atom. The van der Waals surface area contributed by atoms with E-state index in [1.807, 2.05) is 24.3 Å². The number of ether oxygens (including phenoxy) is 2. The molecule has 0 bridgehead atoms. The Hall–Kier alpha value is -2.96. The molecule has 21 heavy (non-hydrogen) atoms. The Balaban J connectivity index is 2.47. The maximum Gasteiger partial charge on any atom is 0.359 e. The molecule has 7 heteroatoms. The van der Waals surface area contributed by atoms with E-state index < -0.39 is 11.9 Å². The predicted molar refractivity (Wildman–Crippen MR) is 73.2 cm³/mol. The molecule has 0 N–H and O–H groups in total. The van der Waals surface area contributed by atoms with Gasteiger partial charge in [0.2, 0.25) is 0 Å². The molecule has 3 aromatic rings. The van der Waals surface area contributed by atoms with Gasteiger partial charge in [-0.1, -0.05) is 24.3 Å². The Morgan fingerprint density at radius 1 is 1.10 bits per heavy atom. The summed E-state index contributed by atoms with van der Waals surface area (Å²) in [5.41, 5.74) is 0.349. The maximum atomic E-state index is 12.1. The molecule has 0 aliphatic rings. The van der Waals surface area contributed by atoms with Crippen LogP contribution < -0.4 is 0 Å². The summed E-state index contributed by atoms with van der Waals surface area (Å²) >= 11 is 0. The van der Waals surface area contributed by atoms with Gasteiger partial charge in [-0.2, -0.15) is 5.10 Å². The van der Waals surface area contributed by atoms with Crippen molar-refractivity contribution in [3.8, 4) is 0 Å². The molecule has 0 aliphatic heterocycles. The number of carbonyl (C=O) groups is 2. The van der Waals surface area contributed by atoms with Crippen molar-refractivity contribution in [2.24, 2.45) is 0 Å². The molecule has 2 aromatic heterocycles. The lowest BCUT2D eigenvalue weighted by molar-refractivity contribution is 0.0553. The lowest BCUT2D eigenvalue weighted by atomic mass is 10.1. The third-order valence-electron chi connectivity index (χ3n) is 3.16. The molecule has 0 saturated carbocycles. The largest absolute Gasteiger partial charge is 0.465 e. The van der Waals surface area contributed by atoms with Gasteiger partial charge in [-0.15, -0.1) is 9.73 Å². The summed E-state index contributed by atoms with van der Waals surface area (Å²) in [6.07, 6.45) is 1.61. The first-order valence-electron chi connectivity index (χ1n) is 6.10. The second-order valence-corrected chi connectivity index (χ2v) is 4.28. The molecule has 7 nitrogen and oxygen atoms in total. The highest BCUT2D eigenvalue weighted by atomic mass is 16.5. The lowest BCUT2D eigenvalue weighted by Gasteiger charge is -2.02. The zero-order valence-electron chi connectivity index (χ0n) is 11.4. The maximum absolute atomic E-state index is 12.1. The van der Waals surface area contributed by atoms with Crippen LogP contribution in [0.15, 0.2) is 30.5 Å². The first-order valence-corrected chi connectivity index (χ1v) is 6.10.